The van der Waals surface area contributed by atoms with Gasteiger partial charge >= 0.3 is 5.97 Å². The Bertz CT molecular complexity index is 625. The highest BCUT2D eigenvalue weighted by Crippen LogP contribution is 2.26. The molecule has 2 rings (SSSR count). The molecule has 1 aromatic carbocycles. The summed E-state index contributed by atoms with van der Waals surface area (Å²) >= 11 is 0. The van der Waals surface area contributed by atoms with Gasteiger partial charge in [0.25, 0.3) is 0 Å². The topological polar surface area (TPSA) is 66.2 Å². The van der Waals surface area contributed by atoms with Gasteiger partial charge in [0.2, 0.25) is 0 Å². The molecule has 0 radical (unpaired) electrons. The van der Waals surface area contributed by atoms with Crippen molar-refractivity contribution in [3.63, 3.8) is 0 Å². The summed E-state index contributed by atoms with van der Waals surface area (Å²) in [5, 5.41) is 4.05. The van der Waals surface area contributed by atoms with Gasteiger partial charge in [-0.15, -0.1) is 0 Å². The molecule has 0 bridgehead atoms. The molecule has 0 aliphatic heterocycles. The molecule has 100 valence electrons. The minimum Gasteiger partial charge on any atom is -0.494 e. The second-order valence-corrected chi connectivity index (χ2v) is 3.70. The lowest BCUT2D eigenvalue weighted by Gasteiger charge is -2.11. The minimum atomic E-state index is -0.806. The molecular formula is C12H12FN3O3. The van der Waals surface area contributed by atoms with Crippen molar-refractivity contribution in [2.75, 3.05) is 14.2 Å². The zero-order valence-corrected chi connectivity index (χ0v) is 10.7. The molecule has 0 fully saturated rings. The van der Waals surface area contributed by atoms with Crippen LogP contribution in [0.15, 0.2) is 18.5 Å². The minimum absolute atomic E-state index is 0.0408. The molecule has 0 amide bonds. The van der Waals surface area contributed by atoms with Crippen LogP contribution in [0, 0.1) is 12.7 Å². The summed E-state index contributed by atoms with van der Waals surface area (Å²) in [6.45, 7) is 1.69. The van der Waals surface area contributed by atoms with E-state index in [-0.39, 0.29) is 17.0 Å². The maximum atomic E-state index is 14.2. The lowest BCUT2D eigenvalue weighted by molar-refractivity contribution is 0.0594. The van der Waals surface area contributed by atoms with Crippen LogP contribution >= 0.6 is 0 Å². The normalized spacial score (nSPS) is 10.3. The van der Waals surface area contributed by atoms with Gasteiger partial charge in [0.1, 0.15) is 17.7 Å². The highest BCUT2D eigenvalue weighted by molar-refractivity contribution is 5.94. The molecule has 0 N–H and O–H groups in total. The van der Waals surface area contributed by atoms with Crippen molar-refractivity contribution >= 4 is 5.97 Å². The van der Waals surface area contributed by atoms with Crippen molar-refractivity contribution in [1.29, 1.82) is 0 Å². The predicted octanol–water partition coefficient (Wildman–Crippen LogP) is 1.51. The van der Waals surface area contributed by atoms with E-state index < -0.39 is 11.8 Å². The van der Waals surface area contributed by atoms with E-state index >= 15 is 0 Å². The van der Waals surface area contributed by atoms with Crippen LogP contribution in [0.4, 0.5) is 4.39 Å². The van der Waals surface area contributed by atoms with Gasteiger partial charge in [0, 0.05) is 0 Å². The molecule has 0 aliphatic carbocycles. The van der Waals surface area contributed by atoms with Crippen molar-refractivity contribution in [3.05, 3.63) is 35.7 Å². The number of aryl methyl sites for hydroxylation is 1. The van der Waals surface area contributed by atoms with Crippen LogP contribution in [-0.4, -0.2) is 35.0 Å². The van der Waals surface area contributed by atoms with Crippen molar-refractivity contribution < 1.29 is 18.7 Å². The molecule has 0 atom stereocenters. The number of esters is 1. The number of nitrogens with zero attached hydrogens (tertiary/aromatic N) is 3. The van der Waals surface area contributed by atoms with E-state index in [2.05, 4.69) is 14.8 Å². The van der Waals surface area contributed by atoms with Gasteiger partial charge in [0.15, 0.2) is 11.6 Å². The molecule has 0 saturated heterocycles. The second kappa shape index (κ2) is 5.05. The van der Waals surface area contributed by atoms with Crippen LogP contribution in [0.5, 0.6) is 5.75 Å². The van der Waals surface area contributed by atoms with Gasteiger partial charge in [0.05, 0.1) is 19.9 Å². The Kier molecular flexibility index (Phi) is 3.46. The first kappa shape index (κ1) is 13.0. The Hall–Kier alpha value is -2.44. The average Bonchev–Trinajstić information content (AvgIpc) is 2.84. The second-order valence-electron chi connectivity index (χ2n) is 3.70. The summed E-state index contributed by atoms with van der Waals surface area (Å²) in [5.74, 6) is -1.13. The van der Waals surface area contributed by atoms with E-state index in [1.54, 1.807) is 6.92 Å². The number of halogens is 1. The largest absolute Gasteiger partial charge is 0.494 e. The monoisotopic (exact) mass is 265 g/mol. The molecule has 1 heterocycles. The van der Waals surface area contributed by atoms with Crippen LogP contribution in [-0.2, 0) is 4.74 Å². The van der Waals surface area contributed by atoms with Gasteiger partial charge in [-0.3, -0.25) is 0 Å². The van der Waals surface area contributed by atoms with Gasteiger partial charge < -0.3 is 9.47 Å². The smallest absolute Gasteiger partial charge is 0.343 e. The van der Waals surface area contributed by atoms with Gasteiger partial charge in [-0.25, -0.2) is 18.9 Å². The maximum absolute atomic E-state index is 14.2. The molecule has 6 nitrogen and oxygen atoms in total. The van der Waals surface area contributed by atoms with E-state index in [4.69, 9.17) is 4.74 Å². The Labute approximate surface area is 108 Å². The summed E-state index contributed by atoms with van der Waals surface area (Å²) in [6.07, 6.45) is 1.39. The van der Waals surface area contributed by atoms with Crippen LogP contribution in [0.25, 0.3) is 5.69 Å². The van der Waals surface area contributed by atoms with Gasteiger partial charge in [-0.2, -0.15) is 5.10 Å². The SMILES string of the molecule is COC(=O)c1c(-n2cnc(C)n2)ccc(OC)c1F. The van der Waals surface area contributed by atoms with Gasteiger partial charge in [-0.05, 0) is 19.1 Å². The Balaban J connectivity index is 2.67. The molecule has 0 spiro atoms. The molecule has 0 saturated carbocycles. The number of rotatable bonds is 3. The highest BCUT2D eigenvalue weighted by Gasteiger charge is 2.23. The fourth-order valence-electron chi connectivity index (χ4n) is 1.65. The standard InChI is InChI=1S/C12H12FN3O3/c1-7-14-6-16(15-7)8-4-5-9(18-2)11(13)10(8)12(17)19-3/h4-6H,1-3H3. The number of benzene rings is 1. The Morgan fingerprint density at radius 1 is 1.37 bits per heavy atom. The molecule has 7 heteroatoms. The molecule has 1 aromatic heterocycles. The molecule has 0 unspecified atom stereocenters. The number of methoxy groups -OCH3 is 2. The molecule has 0 aliphatic rings. The lowest BCUT2D eigenvalue weighted by Crippen LogP contribution is -2.12. The van der Waals surface area contributed by atoms with E-state index in [1.807, 2.05) is 0 Å². The summed E-state index contributed by atoms with van der Waals surface area (Å²) < 4.78 is 24.9. The molecule has 2 aromatic rings. The van der Waals surface area contributed by atoms with Crippen LogP contribution in [0.3, 0.4) is 0 Å². The first-order valence-electron chi connectivity index (χ1n) is 5.42. The third kappa shape index (κ3) is 2.26. The predicted molar refractivity (Wildman–Crippen MR) is 63.9 cm³/mol. The number of ether oxygens (including phenoxy) is 2. The quantitative estimate of drug-likeness (QED) is 0.787. The molecular weight excluding hydrogens is 253 g/mol. The number of hydrogen-bond acceptors (Lipinski definition) is 5. The Morgan fingerprint density at radius 2 is 2.11 bits per heavy atom. The molecule has 19 heavy (non-hydrogen) atoms. The summed E-state index contributed by atoms with van der Waals surface area (Å²) in [5.41, 5.74) is -0.00231. The maximum Gasteiger partial charge on any atom is 0.343 e. The van der Waals surface area contributed by atoms with Crippen LogP contribution < -0.4 is 4.74 Å². The van der Waals surface area contributed by atoms with E-state index in [0.29, 0.717) is 5.82 Å². The number of carbonyl (C=O) groups excluding carboxylic acids is 1. The average molecular weight is 265 g/mol. The van der Waals surface area contributed by atoms with E-state index in [1.165, 1.54) is 37.4 Å². The zero-order chi connectivity index (χ0) is 14.0. The van der Waals surface area contributed by atoms with Crippen molar-refractivity contribution in [1.82, 2.24) is 14.8 Å². The van der Waals surface area contributed by atoms with Crippen LogP contribution in [0.2, 0.25) is 0 Å². The highest BCUT2D eigenvalue weighted by atomic mass is 19.1. The first-order chi connectivity index (χ1) is 9.08. The first-order valence-corrected chi connectivity index (χ1v) is 5.42. The summed E-state index contributed by atoms with van der Waals surface area (Å²) in [6, 6.07) is 2.93. The summed E-state index contributed by atoms with van der Waals surface area (Å²) in [4.78, 5) is 15.7. The number of hydrogen-bond donors (Lipinski definition) is 0. The van der Waals surface area contributed by atoms with Crippen LogP contribution in [0.1, 0.15) is 16.2 Å². The zero-order valence-electron chi connectivity index (χ0n) is 10.7. The van der Waals surface area contributed by atoms with E-state index in [9.17, 15) is 9.18 Å². The van der Waals surface area contributed by atoms with Crippen molar-refractivity contribution in [2.45, 2.75) is 6.92 Å². The fraction of sp³-hybridized carbons (Fsp3) is 0.250. The third-order valence-corrected chi connectivity index (χ3v) is 2.55. The number of aromatic nitrogens is 3. The van der Waals surface area contributed by atoms with E-state index in [0.717, 1.165) is 0 Å². The van der Waals surface area contributed by atoms with Crippen molar-refractivity contribution in [3.8, 4) is 11.4 Å². The fourth-order valence-corrected chi connectivity index (χ4v) is 1.65. The van der Waals surface area contributed by atoms with Crippen molar-refractivity contribution in [2.24, 2.45) is 0 Å². The van der Waals surface area contributed by atoms with Gasteiger partial charge in [-0.1, -0.05) is 0 Å². The Morgan fingerprint density at radius 3 is 2.63 bits per heavy atom. The third-order valence-electron chi connectivity index (χ3n) is 2.55. The summed E-state index contributed by atoms with van der Waals surface area (Å²) in [7, 11) is 2.50. The lowest BCUT2D eigenvalue weighted by atomic mass is 10.1. The number of carbonyl (C=O) groups is 1.